The summed E-state index contributed by atoms with van der Waals surface area (Å²) in [5.74, 6) is 0. The van der Waals surface area contributed by atoms with E-state index in [0.29, 0.717) is 0 Å². The predicted octanol–water partition coefficient (Wildman–Crippen LogP) is 5.81. The van der Waals surface area contributed by atoms with Gasteiger partial charge in [0.15, 0.2) is 0 Å². The molecule has 0 aromatic heterocycles. The zero-order chi connectivity index (χ0) is 8.49. The Morgan fingerprint density at radius 1 is 0.471 bits per heavy atom. The topological polar surface area (TPSA) is 0 Å². The second-order valence-electron chi connectivity index (χ2n) is 3.24. The number of allylic oxidation sites excluding steroid dienone is 6. The number of hydrogen-bond donors (Lipinski definition) is 0. The molecule has 0 nitrogen and oxygen atoms in total. The standard InChI is InChI=1S/C7H8.C5H10.4CH3.Ti/c1-2-4-6-7-5-3-1;1-2-4-5-3-1;;;;;/h1-6H,7H2;1-5H2;4*1H3;/q;;4*-1;+4. The normalized spacial score (nSPS) is 14.1. The molecule has 1 heteroatoms. The molecule has 0 aromatic carbocycles. The van der Waals surface area contributed by atoms with E-state index in [9.17, 15) is 0 Å². The van der Waals surface area contributed by atoms with Crippen LogP contribution >= 0.6 is 0 Å². The van der Waals surface area contributed by atoms with E-state index in [1.54, 1.807) is 0 Å². The molecule has 0 radical (unpaired) electrons. The van der Waals surface area contributed by atoms with Gasteiger partial charge >= 0.3 is 21.7 Å². The maximum absolute atomic E-state index is 2.12. The van der Waals surface area contributed by atoms with Crippen molar-refractivity contribution >= 4 is 0 Å². The third-order valence-corrected chi connectivity index (χ3v) is 2.13. The minimum absolute atomic E-state index is 0. The van der Waals surface area contributed by atoms with Crippen LogP contribution in [-0.2, 0) is 21.7 Å². The van der Waals surface area contributed by atoms with E-state index in [4.69, 9.17) is 0 Å². The Balaban J connectivity index is -0.0000000447. The molecule has 0 aliphatic heterocycles. The van der Waals surface area contributed by atoms with Gasteiger partial charge in [-0.1, -0.05) is 68.6 Å². The molecule has 0 bridgehead atoms. The molecule has 2 rings (SSSR count). The molecule has 0 aromatic rings. The fraction of sp³-hybridized carbons (Fsp3) is 0.375. The molecule has 2 aliphatic carbocycles. The summed E-state index contributed by atoms with van der Waals surface area (Å²) < 4.78 is 0. The molecule has 0 N–H and O–H groups in total. The monoisotopic (exact) mass is 270 g/mol. The molecule has 17 heavy (non-hydrogen) atoms. The first-order valence-corrected chi connectivity index (χ1v) is 4.98. The van der Waals surface area contributed by atoms with Gasteiger partial charge in [-0.3, -0.25) is 0 Å². The first-order valence-electron chi connectivity index (χ1n) is 4.98. The van der Waals surface area contributed by atoms with Crippen LogP contribution in [0.5, 0.6) is 0 Å². The average molecular weight is 270 g/mol. The van der Waals surface area contributed by atoms with Crippen LogP contribution in [0.25, 0.3) is 0 Å². The van der Waals surface area contributed by atoms with Gasteiger partial charge in [0, 0.05) is 0 Å². The van der Waals surface area contributed by atoms with Crippen molar-refractivity contribution in [3.63, 3.8) is 0 Å². The van der Waals surface area contributed by atoms with Crippen molar-refractivity contribution in [1.29, 1.82) is 0 Å². The molecular weight excluding hydrogens is 240 g/mol. The van der Waals surface area contributed by atoms with Crippen molar-refractivity contribution in [3.05, 3.63) is 66.2 Å². The third kappa shape index (κ3) is 21.7. The SMILES string of the molecule is C1=CC=CCC=C1.C1CCCC1.[CH3-].[CH3-].[CH3-].[CH3-].[Ti+4]. The number of hydrogen-bond acceptors (Lipinski definition) is 0. The van der Waals surface area contributed by atoms with E-state index in [1.807, 2.05) is 12.2 Å². The Labute approximate surface area is 126 Å². The van der Waals surface area contributed by atoms with Crippen molar-refractivity contribution in [2.75, 3.05) is 0 Å². The third-order valence-electron chi connectivity index (χ3n) is 2.13. The molecule has 1 saturated carbocycles. The summed E-state index contributed by atoms with van der Waals surface area (Å²) in [5, 5.41) is 0. The van der Waals surface area contributed by atoms with E-state index in [-0.39, 0.29) is 51.4 Å². The van der Waals surface area contributed by atoms with E-state index < -0.39 is 0 Å². The molecule has 0 spiro atoms. The summed E-state index contributed by atoms with van der Waals surface area (Å²) in [5.41, 5.74) is 0. The van der Waals surface area contributed by atoms with E-state index in [2.05, 4.69) is 24.3 Å². The molecule has 0 saturated heterocycles. The first-order chi connectivity index (χ1) is 6.00. The smallest absolute Gasteiger partial charge is 0.358 e. The zero-order valence-corrected chi connectivity index (χ0v) is 13.8. The fourth-order valence-electron chi connectivity index (χ4n) is 1.41. The summed E-state index contributed by atoms with van der Waals surface area (Å²) in [7, 11) is 0. The summed E-state index contributed by atoms with van der Waals surface area (Å²) in [6.45, 7) is 0. The van der Waals surface area contributed by atoms with Crippen LogP contribution in [0.4, 0.5) is 0 Å². The van der Waals surface area contributed by atoms with Crippen LogP contribution in [0.3, 0.4) is 0 Å². The molecule has 2 aliphatic rings. The minimum atomic E-state index is 0. The zero-order valence-electron chi connectivity index (χ0n) is 12.2. The van der Waals surface area contributed by atoms with Crippen molar-refractivity contribution in [2.24, 2.45) is 0 Å². The Morgan fingerprint density at radius 2 is 0.765 bits per heavy atom. The van der Waals surface area contributed by atoms with Crippen LogP contribution < -0.4 is 0 Å². The molecule has 0 atom stereocenters. The molecule has 0 unspecified atom stereocenters. The van der Waals surface area contributed by atoms with Crippen molar-refractivity contribution in [3.8, 4) is 0 Å². The van der Waals surface area contributed by atoms with E-state index in [1.165, 1.54) is 32.1 Å². The quantitative estimate of drug-likeness (QED) is 0.385. The summed E-state index contributed by atoms with van der Waals surface area (Å²) >= 11 is 0. The summed E-state index contributed by atoms with van der Waals surface area (Å²) in [6.07, 6.45) is 21.0. The fourth-order valence-corrected chi connectivity index (χ4v) is 1.41. The van der Waals surface area contributed by atoms with Crippen molar-refractivity contribution < 1.29 is 21.7 Å². The molecular formula is C16H30Ti. The Morgan fingerprint density at radius 3 is 1.06 bits per heavy atom. The summed E-state index contributed by atoms with van der Waals surface area (Å²) in [4.78, 5) is 0. The predicted molar refractivity (Wildman–Crippen MR) is 80.8 cm³/mol. The van der Waals surface area contributed by atoms with E-state index in [0.717, 1.165) is 6.42 Å². The molecule has 0 amide bonds. The average Bonchev–Trinajstić information content (AvgIpc) is 2.54. The van der Waals surface area contributed by atoms with E-state index >= 15 is 0 Å². The van der Waals surface area contributed by atoms with Gasteiger partial charge in [0.25, 0.3) is 0 Å². The van der Waals surface area contributed by atoms with Gasteiger partial charge in [0.05, 0.1) is 0 Å². The Kier molecular flexibility index (Phi) is 44.3. The van der Waals surface area contributed by atoms with Gasteiger partial charge in [-0.15, -0.1) is 0 Å². The Bertz CT molecular complexity index is 152. The maximum atomic E-state index is 2.12. The van der Waals surface area contributed by atoms with Crippen LogP contribution in [-0.4, -0.2) is 0 Å². The maximum Gasteiger partial charge on any atom is 4.00 e. The number of rotatable bonds is 0. The van der Waals surface area contributed by atoms with Crippen LogP contribution in [0.1, 0.15) is 38.5 Å². The Hall–Kier alpha value is -0.0657. The van der Waals surface area contributed by atoms with Gasteiger partial charge in [0.1, 0.15) is 0 Å². The molecule has 0 heterocycles. The largest absolute Gasteiger partial charge is 4.00 e. The van der Waals surface area contributed by atoms with Crippen molar-refractivity contribution in [2.45, 2.75) is 38.5 Å². The van der Waals surface area contributed by atoms with Crippen LogP contribution in [0.2, 0.25) is 0 Å². The van der Waals surface area contributed by atoms with Gasteiger partial charge in [0.2, 0.25) is 0 Å². The van der Waals surface area contributed by atoms with Gasteiger partial charge in [-0.05, 0) is 6.42 Å². The summed E-state index contributed by atoms with van der Waals surface area (Å²) in [6, 6.07) is 0. The van der Waals surface area contributed by atoms with Crippen LogP contribution in [0, 0.1) is 29.7 Å². The van der Waals surface area contributed by atoms with Gasteiger partial charge < -0.3 is 29.7 Å². The molecule has 1 fully saturated rings. The second-order valence-corrected chi connectivity index (χ2v) is 3.24. The second kappa shape index (κ2) is 25.0. The first kappa shape index (κ1) is 30.2. The van der Waals surface area contributed by atoms with Gasteiger partial charge in [-0.2, -0.15) is 0 Å². The van der Waals surface area contributed by atoms with Crippen LogP contribution in [0.15, 0.2) is 36.5 Å². The minimum Gasteiger partial charge on any atom is -0.358 e. The van der Waals surface area contributed by atoms with Crippen molar-refractivity contribution in [1.82, 2.24) is 0 Å². The van der Waals surface area contributed by atoms with Gasteiger partial charge in [-0.25, -0.2) is 0 Å². The molecule has 98 valence electrons.